The summed E-state index contributed by atoms with van der Waals surface area (Å²) in [6.07, 6.45) is 6.04. The molecule has 110 valence electrons. The van der Waals surface area contributed by atoms with Crippen LogP contribution in [0.5, 0.6) is 0 Å². The van der Waals surface area contributed by atoms with Crippen molar-refractivity contribution in [3.8, 4) is 0 Å². The summed E-state index contributed by atoms with van der Waals surface area (Å²) in [7, 11) is 0. The molecule has 1 N–H and O–H groups in total. The molecule has 0 aromatic heterocycles. The number of nitrogens with one attached hydrogen (secondary N) is 1. The number of hydrogen-bond donors (Lipinski definition) is 1. The summed E-state index contributed by atoms with van der Waals surface area (Å²) in [6.45, 7) is 6.93. The predicted octanol–water partition coefficient (Wildman–Crippen LogP) is 3.98. The van der Waals surface area contributed by atoms with Crippen LogP contribution in [0.2, 0.25) is 0 Å². The molecule has 0 radical (unpaired) electrons. The summed E-state index contributed by atoms with van der Waals surface area (Å²) in [6, 6.07) is 6.88. The molecule has 1 aliphatic rings. The van der Waals surface area contributed by atoms with Gasteiger partial charge in [0.25, 0.3) is 0 Å². The summed E-state index contributed by atoms with van der Waals surface area (Å²) in [5.41, 5.74) is 3.55. The largest absolute Gasteiger partial charge is 0.383 e. The van der Waals surface area contributed by atoms with Crippen molar-refractivity contribution in [2.24, 2.45) is 0 Å². The van der Waals surface area contributed by atoms with Crippen molar-refractivity contribution < 1.29 is 4.79 Å². The highest BCUT2D eigenvalue weighted by Gasteiger charge is 2.22. The van der Waals surface area contributed by atoms with Gasteiger partial charge in [0.2, 0.25) is 5.91 Å². The number of carbonyl (C=O) groups is 1. The minimum atomic E-state index is 0.136. The summed E-state index contributed by atoms with van der Waals surface area (Å²) < 4.78 is 0. The van der Waals surface area contributed by atoms with Gasteiger partial charge in [-0.15, -0.1) is 0 Å². The Labute approximate surface area is 122 Å². The van der Waals surface area contributed by atoms with Crippen LogP contribution >= 0.6 is 0 Å². The molecule has 0 aliphatic carbocycles. The van der Waals surface area contributed by atoms with Crippen LogP contribution in [0.3, 0.4) is 0 Å². The van der Waals surface area contributed by atoms with Crippen molar-refractivity contribution in [1.29, 1.82) is 0 Å². The highest BCUT2D eigenvalue weighted by molar-refractivity contribution is 5.94. The zero-order valence-corrected chi connectivity index (χ0v) is 12.9. The van der Waals surface area contributed by atoms with E-state index >= 15 is 0 Å². The first-order valence-corrected chi connectivity index (χ1v) is 7.79. The first-order valence-electron chi connectivity index (χ1n) is 7.79. The number of nitrogens with zero attached hydrogens (tertiary/aromatic N) is 1. The van der Waals surface area contributed by atoms with E-state index in [0.717, 1.165) is 18.7 Å². The second kappa shape index (κ2) is 6.78. The van der Waals surface area contributed by atoms with Gasteiger partial charge in [-0.3, -0.25) is 4.79 Å². The number of fused-ring (bicyclic) bond motifs is 1. The van der Waals surface area contributed by atoms with Crippen molar-refractivity contribution in [2.45, 2.75) is 58.9 Å². The molecule has 1 heterocycles. The Kier molecular flexibility index (Phi) is 5.05. The fraction of sp³-hybridized carbons (Fsp3) is 0.588. The zero-order chi connectivity index (χ0) is 14.5. The molecule has 0 spiro atoms. The minimum Gasteiger partial charge on any atom is -0.383 e. The smallest absolute Gasteiger partial charge is 0.223 e. The van der Waals surface area contributed by atoms with Crippen molar-refractivity contribution in [1.82, 2.24) is 0 Å². The third-order valence-corrected chi connectivity index (χ3v) is 4.01. The lowest BCUT2D eigenvalue weighted by atomic mass is 10.1. The third-order valence-electron chi connectivity index (χ3n) is 4.01. The lowest BCUT2D eigenvalue weighted by molar-refractivity contribution is -0.116. The lowest BCUT2D eigenvalue weighted by Crippen LogP contribution is -2.25. The molecule has 1 aromatic carbocycles. The maximum atomic E-state index is 11.5. The van der Waals surface area contributed by atoms with E-state index in [4.69, 9.17) is 0 Å². The molecule has 1 atom stereocenters. The number of amides is 1. The third kappa shape index (κ3) is 3.53. The van der Waals surface area contributed by atoms with Gasteiger partial charge in [0, 0.05) is 30.9 Å². The maximum absolute atomic E-state index is 11.5. The number of rotatable bonds is 6. The second-order valence-electron chi connectivity index (χ2n) is 5.81. The van der Waals surface area contributed by atoms with Crippen LogP contribution in [0.15, 0.2) is 18.2 Å². The van der Waals surface area contributed by atoms with E-state index in [0.29, 0.717) is 6.04 Å². The standard InChI is InChI=1S/C17H26N2O/c1-4-5-6-7-13(2)18-16-8-9-17-15(12-16)10-11-19(17)14(3)20/h8-9,12-13,18H,4-7,10-11H2,1-3H3. The van der Waals surface area contributed by atoms with E-state index in [9.17, 15) is 4.79 Å². The molecule has 3 nitrogen and oxygen atoms in total. The van der Waals surface area contributed by atoms with E-state index in [2.05, 4.69) is 37.4 Å². The second-order valence-corrected chi connectivity index (χ2v) is 5.81. The van der Waals surface area contributed by atoms with Crippen LogP contribution in [0, 0.1) is 0 Å². The van der Waals surface area contributed by atoms with E-state index in [1.165, 1.54) is 36.9 Å². The molecule has 20 heavy (non-hydrogen) atoms. The van der Waals surface area contributed by atoms with Crippen LogP contribution in [-0.4, -0.2) is 18.5 Å². The van der Waals surface area contributed by atoms with E-state index in [1.807, 2.05) is 4.90 Å². The number of benzene rings is 1. The summed E-state index contributed by atoms with van der Waals surface area (Å²) in [5.74, 6) is 0.136. The minimum absolute atomic E-state index is 0.136. The Balaban J connectivity index is 1.97. The Hall–Kier alpha value is -1.51. The first kappa shape index (κ1) is 14.9. The van der Waals surface area contributed by atoms with Gasteiger partial charge in [-0.25, -0.2) is 0 Å². The van der Waals surface area contributed by atoms with Crippen molar-refractivity contribution in [3.63, 3.8) is 0 Å². The molecule has 0 bridgehead atoms. The SMILES string of the molecule is CCCCCC(C)Nc1ccc2c(c1)CCN2C(C)=O. The quantitative estimate of drug-likeness (QED) is 0.796. The summed E-state index contributed by atoms with van der Waals surface area (Å²) in [5, 5.41) is 3.57. The van der Waals surface area contributed by atoms with Crippen molar-refractivity contribution in [3.05, 3.63) is 23.8 Å². The van der Waals surface area contributed by atoms with Gasteiger partial charge < -0.3 is 10.2 Å². The van der Waals surface area contributed by atoms with Crippen LogP contribution in [-0.2, 0) is 11.2 Å². The molecular weight excluding hydrogens is 248 g/mol. The Morgan fingerprint density at radius 1 is 1.40 bits per heavy atom. The van der Waals surface area contributed by atoms with Crippen molar-refractivity contribution in [2.75, 3.05) is 16.8 Å². The molecule has 3 heteroatoms. The fourth-order valence-electron chi connectivity index (χ4n) is 2.88. The number of carbonyl (C=O) groups excluding carboxylic acids is 1. The molecule has 2 rings (SSSR count). The highest BCUT2D eigenvalue weighted by Crippen LogP contribution is 2.30. The van der Waals surface area contributed by atoms with Crippen LogP contribution in [0.1, 0.15) is 52.0 Å². The Morgan fingerprint density at radius 3 is 2.90 bits per heavy atom. The van der Waals surface area contributed by atoms with E-state index < -0.39 is 0 Å². The molecule has 0 saturated carbocycles. The van der Waals surface area contributed by atoms with Crippen LogP contribution in [0.4, 0.5) is 11.4 Å². The molecular formula is C17H26N2O. The number of unbranched alkanes of at least 4 members (excludes halogenated alkanes) is 2. The van der Waals surface area contributed by atoms with Crippen molar-refractivity contribution >= 4 is 17.3 Å². The van der Waals surface area contributed by atoms with Gasteiger partial charge in [-0.2, -0.15) is 0 Å². The number of hydrogen-bond acceptors (Lipinski definition) is 2. The molecule has 0 saturated heterocycles. The van der Waals surface area contributed by atoms with E-state index in [-0.39, 0.29) is 5.91 Å². The van der Waals surface area contributed by atoms with Gasteiger partial charge in [-0.05, 0) is 43.5 Å². The molecule has 0 fully saturated rings. The number of anilines is 2. The lowest BCUT2D eigenvalue weighted by Gasteiger charge is -2.17. The topological polar surface area (TPSA) is 32.3 Å². The average Bonchev–Trinajstić information content (AvgIpc) is 2.82. The Bertz CT molecular complexity index is 470. The first-order chi connectivity index (χ1) is 9.61. The maximum Gasteiger partial charge on any atom is 0.223 e. The molecule has 1 aromatic rings. The van der Waals surface area contributed by atoms with Gasteiger partial charge in [-0.1, -0.05) is 26.2 Å². The normalized spacial score (nSPS) is 15.1. The van der Waals surface area contributed by atoms with E-state index in [1.54, 1.807) is 6.92 Å². The summed E-state index contributed by atoms with van der Waals surface area (Å²) >= 11 is 0. The summed E-state index contributed by atoms with van der Waals surface area (Å²) in [4.78, 5) is 13.4. The molecule has 1 amide bonds. The predicted molar refractivity (Wildman–Crippen MR) is 85.4 cm³/mol. The van der Waals surface area contributed by atoms with Crippen LogP contribution < -0.4 is 10.2 Å². The van der Waals surface area contributed by atoms with Crippen LogP contribution in [0.25, 0.3) is 0 Å². The van der Waals surface area contributed by atoms with Gasteiger partial charge in [0.1, 0.15) is 0 Å². The molecule has 1 aliphatic heterocycles. The fourth-order valence-corrected chi connectivity index (χ4v) is 2.88. The average molecular weight is 274 g/mol. The monoisotopic (exact) mass is 274 g/mol. The van der Waals surface area contributed by atoms with Gasteiger partial charge in [0.15, 0.2) is 0 Å². The zero-order valence-electron chi connectivity index (χ0n) is 12.9. The van der Waals surface area contributed by atoms with Gasteiger partial charge >= 0.3 is 0 Å². The molecule has 1 unspecified atom stereocenters. The highest BCUT2D eigenvalue weighted by atomic mass is 16.2. The Morgan fingerprint density at radius 2 is 2.20 bits per heavy atom. The van der Waals surface area contributed by atoms with Gasteiger partial charge in [0.05, 0.1) is 0 Å².